The van der Waals surface area contributed by atoms with Crippen molar-refractivity contribution in [3.8, 4) is 0 Å². The van der Waals surface area contributed by atoms with Crippen molar-refractivity contribution in [2.45, 2.75) is 10.6 Å². The van der Waals surface area contributed by atoms with Gasteiger partial charge in [0.25, 0.3) is 0 Å². The van der Waals surface area contributed by atoms with Crippen molar-refractivity contribution < 1.29 is 0 Å². The number of benzene rings is 1. The number of rotatable bonds is 3. The Kier molecular flexibility index (Phi) is 4.19. The Morgan fingerprint density at radius 1 is 1.38 bits per heavy atom. The first-order valence-corrected chi connectivity index (χ1v) is 7.60. The second-order valence-electron chi connectivity index (χ2n) is 3.16. The SMILES string of the molecule is Nc1ccc(Cl)cc1SCc1sccc1Br. The van der Waals surface area contributed by atoms with Crippen molar-refractivity contribution in [2.75, 3.05) is 5.73 Å². The summed E-state index contributed by atoms with van der Waals surface area (Å²) in [4.78, 5) is 2.34. The maximum atomic E-state index is 5.93. The molecule has 0 saturated carbocycles. The lowest BCUT2D eigenvalue weighted by atomic mass is 10.3. The van der Waals surface area contributed by atoms with Crippen LogP contribution in [-0.4, -0.2) is 0 Å². The number of hydrogen-bond donors (Lipinski definition) is 1. The minimum absolute atomic E-state index is 0.724. The molecule has 1 aromatic carbocycles. The minimum Gasteiger partial charge on any atom is -0.398 e. The number of halogens is 2. The first-order valence-electron chi connectivity index (χ1n) is 4.56. The zero-order chi connectivity index (χ0) is 11.5. The van der Waals surface area contributed by atoms with E-state index in [9.17, 15) is 0 Å². The van der Waals surface area contributed by atoms with E-state index in [1.807, 2.05) is 18.2 Å². The van der Waals surface area contributed by atoms with Crippen LogP contribution in [0.25, 0.3) is 0 Å². The third-order valence-corrected chi connectivity index (χ3v) is 5.47. The number of nitrogens with two attached hydrogens (primary N) is 1. The van der Waals surface area contributed by atoms with Crippen molar-refractivity contribution in [1.82, 2.24) is 0 Å². The maximum Gasteiger partial charge on any atom is 0.0453 e. The summed E-state index contributed by atoms with van der Waals surface area (Å²) in [6, 6.07) is 7.61. The number of thiophene rings is 1. The monoisotopic (exact) mass is 333 g/mol. The molecule has 0 aliphatic heterocycles. The van der Waals surface area contributed by atoms with Crippen LogP contribution >= 0.6 is 50.6 Å². The Morgan fingerprint density at radius 2 is 2.19 bits per heavy atom. The van der Waals surface area contributed by atoms with Crippen molar-refractivity contribution in [2.24, 2.45) is 0 Å². The van der Waals surface area contributed by atoms with E-state index >= 15 is 0 Å². The third-order valence-electron chi connectivity index (χ3n) is 2.03. The predicted molar refractivity (Wildman–Crippen MR) is 77.4 cm³/mol. The van der Waals surface area contributed by atoms with Crippen LogP contribution in [0.15, 0.2) is 39.0 Å². The summed E-state index contributed by atoms with van der Waals surface area (Å²) >= 11 is 12.9. The molecule has 0 spiro atoms. The average molecular weight is 335 g/mol. The van der Waals surface area contributed by atoms with E-state index < -0.39 is 0 Å². The molecule has 0 radical (unpaired) electrons. The van der Waals surface area contributed by atoms with E-state index in [4.69, 9.17) is 17.3 Å². The highest BCUT2D eigenvalue weighted by molar-refractivity contribution is 9.10. The molecule has 0 fully saturated rings. The Balaban J connectivity index is 2.10. The van der Waals surface area contributed by atoms with Crippen LogP contribution < -0.4 is 5.73 Å². The van der Waals surface area contributed by atoms with Crippen LogP contribution in [0.5, 0.6) is 0 Å². The Hall–Kier alpha value is -0.160. The summed E-state index contributed by atoms with van der Waals surface area (Å²) in [5.41, 5.74) is 6.66. The van der Waals surface area contributed by atoms with Crippen LogP contribution in [0.3, 0.4) is 0 Å². The highest BCUT2D eigenvalue weighted by Crippen LogP contribution is 2.34. The van der Waals surface area contributed by atoms with Gasteiger partial charge in [0.2, 0.25) is 0 Å². The van der Waals surface area contributed by atoms with Gasteiger partial charge in [-0.25, -0.2) is 0 Å². The van der Waals surface area contributed by atoms with Gasteiger partial charge < -0.3 is 5.73 Å². The fourth-order valence-electron chi connectivity index (χ4n) is 1.20. The number of anilines is 1. The lowest BCUT2D eigenvalue weighted by Crippen LogP contribution is -1.88. The number of hydrogen-bond acceptors (Lipinski definition) is 3. The molecule has 2 rings (SSSR count). The van der Waals surface area contributed by atoms with Gasteiger partial charge in [-0.05, 0) is 45.6 Å². The first kappa shape index (κ1) is 12.3. The Morgan fingerprint density at radius 3 is 2.88 bits per heavy atom. The molecule has 16 heavy (non-hydrogen) atoms. The molecule has 84 valence electrons. The first-order chi connectivity index (χ1) is 7.66. The van der Waals surface area contributed by atoms with Gasteiger partial charge in [-0.15, -0.1) is 23.1 Å². The zero-order valence-electron chi connectivity index (χ0n) is 8.24. The number of thioether (sulfide) groups is 1. The van der Waals surface area contributed by atoms with E-state index in [-0.39, 0.29) is 0 Å². The van der Waals surface area contributed by atoms with Crippen LogP contribution in [0.4, 0.5) is 5.69 Å². The van der Waals surface area contributed by atoms with Crippen molar-refractivity contribution in [1.29, 1.82) is 0 Å². The van der Waals surface area contributed by atoms with Gasteiger partial charge in [-0.1, -0.05) is 11.6 Å². The van der Waals surface area contributed by atoms with E-state index in [1.54, 1.807) is 23.1 Å². The summed E-state index contributed by atoms with van der Waals surface area (Å²) in [6.07, 6.45) is 0. The molecule has 1 aromatic heterocycles. The third kappa shape index (κ3) is 2.94. The number of nitrogen functional groups attached to an aromatic ring is 1. The molecule has 1 nitrogen and oxygen atoms in total. The summed E-state index contributed by atoms with van der Waals surface area (Å²) in [6.45, 7) is 0. The molecule has 0 saturated heterocycles. The molecule has 2 aromatic rings. The van der Waals surface area contributed by atoms with Crippen molar-refractivity contribution in [3.05, 3.63) is 44.0 Å². The zero-order valence-corrected chi connectivity index (χ0v) is 12.2. The molecule has 5 heteroatoms. The minimum atomic E-state index is 0.724. The van der Waals surface area contributed by atoms with E-state index in [1.165, 1.54) is 4.88 Å². The molecular weight excluding hydrogens is 326 g/mol. The van der Waals surface area contributed by atoms with Gasteiger partial charge in [0.15, 0.2) is 0 Å². The topological polar surface area (TPSA) is 26.0 Å². The molecule has 0 amide bonds. The Bertz CT molecular complexity index is 498. The smallest absolute Gasteiger partial charge is 0.0453 e. The quantitative estimate of drug-likeness (QED) is 0.628. The maximum absolute atomic E-state index is 5.93. The largest absolute Gasteiger partial charge is 0.398 e. The van der Waals surface area contributed by atoms with Crippen LogP contribution in [0.2, 0.25) is 5.02 Å². The molecule has 1 heterocycles. The molecule has 0 atom stereocenters. The second-order valence-corrected chi connectivity index (χ2v) is 6.47. The van der Waals surface area contributed by atoms with E-state index in [2.05, 4.69) is 27.4 Å². The molecular formula is C11H9BrClNS2. The Labute approximate surface area is 116 Å². The van der Waals surface area contributed by atoms with Gasteiger partial charge in [-0.3, -0.25) is 0 Å². The highest BCUT2D eigenvalue weighted by atomic mass is 79.9. The van der Waals surface area contributed by atoms with Crippen LogP contribution in [0, 0.1) is 0 Å². The standard InChI is InChI=1S/C11H9BrClNS2/c12-8-3-4-15-11(8)6-16-10-5-7(13)1-2-9(10)14/h1-5H,6,14H2. The van der Waals surface area contributed by atoms with Gasteiger partial charge >= 0.3 is 0 Å². The van der Waals surface area contributed by atoms with E-state index in [0.717, 1.165) is 25.8 Å². The molecule has 2 N–H and O–H groups in total. The van der Waals surface area contributed by atoms with Crippen LogP contribution in [0.1, 0.15) is 4.88 Å². The van der Waals surface area contributed by atoms with Crippen LogP contribution in [-0.2, 0) is 5.75 Å². The molecule has 0 aliphatic carbocycles. The lowest BCUT2D eigenvalue weighted by Gasteiger charge is -2.05. The van der Waals surface area contributed by atoms with E-state index in [0.29, 0.717) is 0 Å². The molecule has 0 unspecified atom stereocenters. The summed E-state index contributed by atoms with van der Waals surface area (Å²) < 4.78 is 1.16. The predicted octanol–water partition coefficient (Wildman–Crippen LogP) is 5.04. The lowest BCUT2D eigenvalue weighted by molar-refractivity contribution is 1.42. The van der Waals surface area contributed by atoms with Gasteiger partial charge in [-0.2, -0.15) is 0 Å². The van der Waals surface area contributed by atoms with Crippen molar-refractivity contribution in [3.63, 3.8) is 0 Å². The fourth-order valence-corrected chi connectivity index (χ4v) is 4.24. The second kappa shape index (κ2) is 5.45. The van der Waals surface area contributed by atoms with Gasteiger partial charge in [0, 0.05) is 30.7 Å². The summed E-state index contributed by atoms with van der Waals surface area (Å²) in [5.74, 6) is 0.906. The summed E-state index contributed by atoms with van der Waals surface area (Å²) in [5, 5.41) is 2.79. The van der Waals surface area contributed by atoms with Crippen molar-refractivity contribution >= 4 is 56.3 Å². The average Bonchev–Trinajstić information content (AvgIpc) is 2.66. The van der Waals surface area contributed by atoms with Gasteiger partial charge in [0.05, 0.1) is 0 Å². The van der Waals surface area contributed by atoms with Gasteiger partial charge in [0.1, 0.15) is 0 Å². The summed E-state index contributed by atoms with van der Waals surface area (Å²) in [7, 11) is 0. The normalized spacial score (nSPS) is 10.6. The molecule has 0 aliphatic rings. The highest BCUT2D eigenvalue weighted by Gasteiger charge is 2.05. The fraction of sp³-hybridized carbons (Fsp3) is 0.0909. The molecule has 0 bridgehead atoms.